The van der Waals surface area contributed by atoms with Gasteiger partial charge in [0.25, 0.3) is 0 Å². The van der Waals surface area contributed by atoms with Crippen LogP contribution in [-0.2, 0) is 4.79 Å². The maximum absolute atomic E-state index is 11.8. The molecule has 1 amide bonds. The van der Waals surface area contributed by atoms with Crippen molar-refractivity contribution < 1.29 is 4.79 Å². The lowest BCUT2D eigenvalue weighted by Gasteiger charge is -2.24. The summed E-state index contributed by atoms with van der Waals surface area (Å²) >= 11 is 1.94. The normalized spacial score (nSPS) is 32.9. The number of rotatable bonds is 2. The highest BCUT2D eigenvalue weighted by atomic mass is 32.2. The first-order chi connectivity index (χ1) is 6.86. The summed E-state index contributed by atoms with van der Waals surface area (Å²) in [6, 6.07) is 0.505. The van der Waals surface area contributed by atoms with Crippen molar-refractivity contribution in [2.45, 2.75) is 37.8 Å². The van der Waals surface area contributed by atoms with Crippen LogP contribution in [0.5, 0.6) is 0 Å². The summed E-state index contributed by atoms with van der Waals surface area (Å²) in [7, 11) is 0. The third kappa shape index (κ3) is 2.64. The minimum absolute atomic E-state index is 0.0781. The number of hydrogen-bond acceptors (Lipinski definition) is 3. The van der Waals surface area contributed by atoms with E-state index in [2.05, 4.69) is 10.6 Å². The van der Waals surface area contributed by atoms with Crippen molar-refractivity contribution in [2.24, 2.45) is 0 Å². The van der Waals surface area contributed by atoms with Gasteiger partial charge in [-0.05, 0) is 31.6 Å². The van der Waals surface area contributed by atoms with Crippen molar-refractivity contribution in [2.75, 3.05) is 18.1 Å². The molecule has 0 aromatic rings. The standard InChI is InChI=1S/C10H18N2OS/c13-10(9-3-1-2-5-11-9)12-8-4-6-14-7-8/h8-9,11H,1-7H2,(H,12,13)/t8?,9-/m0/s1. The zero-order valence-electron chi connectivity index (χ0n) is 8.42. The van der Waals surface area contributed by atoms with Gasteiger partial charge in [0.2, 0.25) is 5.91 Å². The van der Waals surface area contributed by atoms with E-state index in [4.69, 9.17) is 0 Å². The topological polar surface area (TPSA) is 41.1 Å². The lowest BCUT2D eigenvalue weighted by molar-refractivity contribution is -0.124. The number of piperidine rings is 1. The van der Waals surface area contributed by atoms with E-state index in [1.165, 1.54) is 18.6 Å². The molecule has 14 heavy (non-hydrogen) atoms. The molecule has 2 N–H and O–H groups in total. The van der Waals surface area contributed by atoms with Crippen molar-refractivity contribution in [3.05, 3.63) is 0 Å². The first-order valence-electron chi connectivity index (χ1n) is 5.48. The van der Waals surface area contributed by atoms with Crippen LogP contribution in [0.25, 0.3) is 0 Å². The zero-order valence-corrected chi connectivity index (χ0v) is 9.24. The van der Waals surface area contributed by atoms with Crippen LogP contribution in [-0.4, -0.2) is 36.0 Å². The third-order valence-corrected chi connectivity index (χ3v) is 4.07. The van der Waals surface area contributed by atoms with E-state index in [-0.39, 0.29) is 11.9 Å². The van der Waals surface area contributed by atoms with Crippen LogP contribution in [0.1, 0.15) is 25.7 Å². The molecule has 4 heteroatoms. The Morgan fingerprint density at radius 2 is 2.29 bits per heavy atom. The smallest absolute Gasteiger partial charge is 0.237 e. The average Bonchev–Trinajstić information content (AvgIpc) is 2.72. The van der Waals surface area contributed by atoms with Crippen molar-refractivity contribution in [1.29, 1.82) is 0 Å². The molecule has 2 rings (SSSR count). The van der Waals surface area contributed by atoms with Crippen LogP contribution >= 0.6 is 11.8 Å². The van der Waals surface area contributed by atoms with E-state index in [0.29, 0.717) is 6.04 Å². The molecule has 2 saturated heterocycles. The molecule has 0 bridgehead atoms. The van der Waals surface area contributed by atoms with Crippen LogP contribution < -0.4 is 10.6 Å². The van der Waals surface area contributed by atoms with Gasteiger partial charge >= 0.3 is 0 Å². The molecule has 1 unspecified atom stereocenters. The maximum atomic E-state index is 11.8. The van der Waals surface area contributed by atoms with Crippen LogP contribution in [0.2, 0.25) is 0 Å². The molecule has 0 aliphatic carbocycles. The summed E-state index contributed by atoms with van der Waals surface area (Å²) in [5, 5.41) is 6.40. The molecule has 2 atom stereocenters. The molecule has 0 aromatic carbocycles. The monoisotopic (exact) mass is 214 g/mol. The van der Waals surface area contributed by atoms with E-state index in [0.717, 1.165) is 25.1 Å². The molecule has 0 aromatic heterocycles. The van der Waals surface area contributed by atoms with Gasteiger partial charge in [0.05, 0.1) is 6.04 Å². The predicted octanol–water partition coefficient (Wildman–Crippen LogP) is 0.750. The van der Waals surface area contributed by atoms with Gasteiger partial charge in [0.15, 0.2) is 0 Å². The quantitative estimate of drug-likeness (QED) is 0.713. The largest absolute Gasteiger partial charge is 0.351 e. The highest BCUT2D eigenvalue weighted by Crippen LogP contribution is 2.17. The molecular weight excluding hydrogens is 196 g/mol. The summed E-state index contributed by atoms with van der Waals surface area (Å²) < 4.78 is 0. The predicted molar refractivity (Wildman–Crippen MR) is 59.5 cm³/mol. The molecule has 2 heterocycles. The Labute approximate surface area is 89.4 Å². The molecule has 2 aliphatic heterocycles. The SMILES string of the molecule is O=C(NC1CCSC1)[C@@H]1CCCCN1. The van der Waals surface area contributed by atoms with Crippen molar-refractivity contribution in [3.63, 3.8) is 0 Å². The molecule has 0 spiro atoms. The Morgan fingerprint density at radius 3 is 2.93 bits per heavy atom. The molecule has 0 radical (unpaired) electrons. The average molecular weight is 214 g/mol. The Balaban J connectivity index is 1.75. The molecule has 3 nitrogen and oxygen atoms in total. The van der Waals surface area contributed by atoms with E-state index in [1.54, 1.807) is 0 Å². The Morgan fingerprint density at radius 1 is 1.36 bits per heavy atom. The van der Waals surface area contributed by atoms with Gasteiger partial charge in [-0.25, -0.2) is 0 Å². The van der Waals surface area contributed by atoms with Crippen LogP contribution in [0, 0.1) is 0 Å². The summed E-state index contributed by atoms with van der Waals surface area (Å²) in [6.45, 7) is 0.998. The number of thioether (sulfide) groups is 1. The lowest BCUT2D eigenvalue weighted by Crippen LogP contribution is -2.49. The Hall–Kier alpha value is -0.220. The van der Waals surface area contributed by atoms with Gasteiger partial charge in [0.1, 0.15) is 0 Å². The number of amides is 1. The van der Waals surface area contributed by atoms with Gasteiger partial charge < -0.3 is 10.6 Å². The number of hydrogen-bond donors (Lipinski definition) is 2. The Kier molecular flexibility index (Phi) is 3.70. The highest BCUT2D eigenvalue weighted by molar-refractivity contribution is 7.99. The van der Waals surface area contributed by atoms with Crippen LogP contribution in [0.3, 0.4) is 0 Å². The second-order valence-corrected chi connectivity index (χ2v) is 5.22. The minimum Gasteiger partial charge on any atom is -0.351 e. The minimum atomic E-state index is 0.0781. The number of carbonyl (C=O) groups excluding carboxylic acids is 1. The maximum Gasteiger partial charge on any atom is 0.237 e. The van der Waals surface area contributed by atoms with Gasteiger partial charge in [0, 0.05) is 11.8 Å². The number of nitrogens with one attached hydrogen (secondary N) is 2. The number of carbonyl (C=O) groups is 1. The van der Waals surface area contributed by atoms with Gasteiger partial charge in [-0.15, -0.1) is 0 Å². The van der Waals surface area contributed by atoms with Gasteiger partial charge in [-0.1, -0.05) is 6.42 Å². The Bertz CT molecular complexity index is 198. The summed E-state index contributed by atoms with van der Waals surface area (Å²) in [5.74, 6) is 2.51. The second-order valence-electron chi connectivity index (χ2n) is 4.07. The highest BCUT2D eigenvalue weighted by Gasteiger charge is 2.24. The fourth-order valence-electron chi connectivity index (χ4n) is 2.03. The van der Waals surface area contributed by atoms with E-state index in [9.17, 15) is 4.79 Å². The van der Waals surface area contributed by atoms with Crippen LogP contribution in [0.4, 0.5) is 0 Å². The first-order valence-corrected chi connectivity index (χ1v) is 6.63. The molecule has 80 valence electrons. The molecule has 2 aliphatic rings. The van der Waals surface area contributed by atoms with E-state index >= 15 is 0 Å². The zero-order chi connectivity index (χ0) is 9.80. The van der Waals surface area contributed by atoms with E-state index < -0.39 is 0 Å². The fourth-order valence-corrected chi connectivity index (χ4v) is 3.18. The van der Waals surface area contributed by atoms with Crippen LogP contribution in [0.15, 0.2) is 0 Å². The van der Waals surface area contributed by atoms with Crippen molar-refractivity contribution in [3.8, 4) is 0 Å². The summed E-state index contributed by atoms with van der Waals surface area (Å²) in [5.41, 5.74) is 0. The third-order valence-electron chi connectivity index (χ3n) is 2.90. The molecule has 0 saturated carbocycles. The van der Waals surface area contributed by atoms with Crippen molar-refractivity contribution >= 4 is 17.7 Å². The molecular formula is C10H18N2OS. The molecule has 2 fully saturated rings. The first kappa shape index (κ1) is 10.3. The second kappa shape index (κ2) is 5.03. The fraction of sp³-hybridized carbons (Fsp3) is 0.900. The van der Waals surface area contributed by atoms with Crippen molar-refractivity contribution in [1.82, 2.24) is 10.6 Å². The van der Waals surface area contributed by atoms with E-state index in [1.807, 2.05) is 11.8 Å². The summed E-state index contributed by atoms with van der Waals surface area (Å²) in [6.07, 6.45) is 4.54. The van der Waals surface area contributed by atoms with Gasteiger partial charge in [-0.2, -0.15) is 11.8 Å². The lowest BCUT2D eigenvalue weighted by atomic mass is 10.0. The summed E-state index contributed by atoms with van der Waals surface area (Å²) in [4.78, 5) is 11.8. The van der Waals surface area contributed by atoms with Gasteiger partial charge in [-0.3, -0.25) is 4.79 Å².